The van der Waals surface area contributed by atoms with Crippen molar-refractivity contribution in [1.82, 2.24) is 10.6 Å². The van der Waals surface area contributed by atoms with Crippen molar-refractivity contribution in [3.8, 4) is 11.5 Å². The maximum absolute atomic E-state index is 12.4. The van der Waals surface area contributed by atoms with Gasteiger partial charge in [-0.25, -0.2) is 4.79 Å². The molecular weight excluding hydrogens is 376 g/mol. The predicted molar refractivity (Wildman–Crippen MR) is 106 cm³/mol. The molecule has 3 heterocycles. The summed E-state index contributed by atoms with van der Waals surface area (Å²) in [6, 6.07) is 5.07. The van der Waals surface area contributed by atoms with Gasteiger partial charge >= 0.3 is 6.03 Å². The maximum atomic E-state index is 12.4. The van der Waals surface area contributed by atoms with E-state index < -0.39 is 0 Å². The number of nitrogens with one attached hydrogen (secondary N) is 3. The number of amides is 3. The Morgan fingerprint density at radius 1 is 1.14 bits per heavy atom. The first-order valence-corrected chi connectivity index (χ1v) is 10.3. The van der Waals surface area contributed by atoms with Gasteiger partial charge in [0.1, 0.15) is 26.3 Å². The summed E-state index contributed by atoms with van der Waals surface area (Å²) in [6.45, 7) is 6.84. The van der Waals surface area contributed by atoms with Gasteiger partial charge in [0.15, 0.2) is 11.5 Å². The van der Waals surface area contributed by atoms with E-state index in [-0.39, 0.29) is 18.0 Å². The summed E-state index contributed by atoms with van der Waals surface area (Å²) in [5.74, 6) is 1.33. The van der Waals surface area contributed by atoms with Crippen molar-refractivity contribution in [3.63, 3.8) is 0 Å². The van der Waals surface area contributed by atoms with Crippen molar-refractivity contribution in [1.29, 1.82) is 0 Å². The Morgan fingerprint density at radius 3 is 2.76 bits per heavy atom. The SMILES string of the molecule is O=C(NCCC[NH+]1CCOCC1)N[C@H]1CC(=O)N(c2ccc3c(c2)OCCO3)C1. The van der Waals surface area contributed by atoms with Crippen LogP contribution in [0.5, 0.6) is 11.5 Å². The largest absolute Gasteiger partial charge is 0.486 e. The van der Waals surface area contributed by atoms with E-state index in [1.807, 2.05) is 18.2 Å². The minimum Gasteiger partial charge on any atom is -0.486 e. The summed E-state index contributed by atoms with van der Waals surface area (Å²) in [7, 11) is 0. The molecule has 2 fully saturated rings. The van der Waals surface area contributed by atoms with Crippen molar-refractivity contribution >= 4 is 17.6 Å². The van der Waals surface area contributed by atoms with Gasteiger partial charge in [-0.05, 0) is 12.1 Å². The number of hydrogen-bond donors (Lipinski definition) is 3. The third-order valence-corrected chi connectivity index (χ3v) is 5.49. The Labute approximate surface area is 170 Å². The first-order valence-electron chi connectivity index (χ1n) is 10.3. The molecule has 3 N–H and O–H groups in total. The summed E-state index contributed by atoms with van der Waals surface area (Å²) < 4.78 is 16.5. The first kappa shape index (κ1) is 19.8. The molecule has 4 rings (SSSR count). The summed E-state index contributed by atoms with van der Waals surface area (Å²) in [5, 5.41) is 5.81. The predicted octanol–water partition coefficient (Wildman–Crippen LogP) is -0.832. The van der Waals surface area contributed by atoms with E-state index in [0.29, 0.717) is 44.2 Å². The molecule has 9 heteroatoms. The zero-order valence-electron chi connectivity index (χ0n) is 16.6. The molecule has 158 valence electrons. The summed E-state index contributed by atoms with van der Waals surface area (Å²) >= 11 is 0. The average molecular weight is 405 g/mol. The van der Waals surface area contributed by atoms with Gasteiger partial charge in [0.05, 0.1) is 25.8 Å². The number of morpholine rings is 1. The van der Waals surface area contributed by atoms with Crippen LogP contribution in [0.4, 0.5) is 10.5 Å². The highest BCUT2D eigenvalue weighted by molar-refractivity contribution is 5.97. The normalized spacial score (nSPS) is 21.9. The Kier molecular flexibility index (Phi) is 6.36. The lowest BCUT2D eigenvalue weighted by atomic mass is 10.2. The Bertz CT molecular complexity index is 738. The van der Waals surface area contributed by atoms with Gasteiger partial charge in [0, 0.05) is 37.7 Å². The topological polar surface area (TPSA) is 93.6 Å². The van der Waals surface area contributed by atoms with E-state index in [1.165, 1.54) is 4.90 Å². The molecule has 9 nitrogen and oxygen atoms in total. The highest BCUT2D eigenvalue weighted by Gasteiger charge is 2.32. The van der Waals surface area contributed by atoms with Crippen LogP contribution in [0.2, 0.25) is 0 Å². The maximum Gasteiger partial charge on any atom is 0.315 e. The number of urea groups is 1. The second kappa shape index (κ2) is 9.32. The molecule has 2 saturated heterocycles. The zero-order valence-corrected chi connectivity index (χ0v) is 16.6. The molecule has 3 aliphatic rings. The van der Waals surface area contributed by atoms with Crippen molar-refractivity contribution in [2.24, 2.45) is 0 Å². The summed E-state index contributed by atoms with van der Waals surface area (Å²) in [4.78, 5) is 27.8. The number of benzene rings is 1. The van der Waals surface area contributed by atoms with Gasteiger partial charge < -0.3 is 34.6 Å². The molecule has 0 aliphatic carbocycles. The van der Waals surface area contributed by atoms with Crippen molar-refractivity contribution in [2.75, 3.05) is 64.1 Å². The number of fused-ring (bicyclic) bond motifs is 1. The molecule has 0 unspecified atom stereocenters. The van der Waals surface area contributed by atoms with Crippen LogP contribution in [0.15, 0.2) is 18.2 Å². The van der Waals surface area contributed by atoms with E-state index in [1.54, 1.807) is 4.90 Å². The molecule has 1 aromatic carbocycles. The number of ether oxygens (including phenoxy) is 3. The van der Waals surface area contributed by atoms with Gasteiger partial charge in [-0.15, -0.1) is 0 Å². The molecule has 3 aliphatic heterocycles. The van der Waals surface area contributed by atoms with E-state index in [9.17, 15) is 9.59 Å². The average Bonchev–Trinajstić information content (AvgIpc) is 3.11. The number of carbonyl (C=O) groups is 2. The third kappa shape index (κ3) is 5.10. The van der Waals surface area contributed by atoms with Crippen LogP contribution < -0.4 is 29.9 Å². The second-order valence-corrected chi connectivity index (χ2v) is 7.60. The molecule has 0 bridgehead atoms. The molecule has 0 spiro atoms. The number of carbonyl (C=O) groups excluding carboxylic acids is 2. The monoisotopic (exact) mass is 405 g/mol. The lowest BCUT2D eigenvalue weighted by Crippen LogP contribution is -3.14. The number of nitrogens with zero attached hydrogens (tertiary/aromatic N) is 1. The quantitative estimate of drug-likeness (QED) is 0.537. The lowest BCUT2D eigenvalue weighted by Gasteiger charge is -2.23. The van der Waals surface area contributed by atoms with Gasteiger partial charge in [0.25, 0.3) is 0 Å². The van der Waals surface area contributed by atoms with E-state index >= 15 is 0 Å². The van der Waals surface area contributed by atoms with Crippen molar-refractivity contribution < 1.29 is 28.7 Å². The minimum atomic E-state index is -0.219. The van der Waals surface area contributed by atoms with Crippen LogP contribution in [0.1, 0.15) is 12.8 Å². The molecule has 0 aromatic heterocycles. The molecule has 1 aromatic rings. The Balaban J connectivity index is 1.21. The third-order valence-electron chi connectivity index (χ3n) is 5.49. The minimum absolute atomic E-state index is 0.0112. The molecular formula is C20H29N4O5+. The lowest BCUT2D eigenvalue weighted by molar-refractivity contribution is -0.908. The van der Waals surface area contributed by atoms with Crippen LogP contribution in [-0.2, 0) is 9.53 Å². The Morgan fingerprint density at radius 2 is 1.93 bits per heavy atom. The Hall–Kier alpha value is -2.52. The zero-order chi connectivity index (χ0) is 20.1. The summed E-state index contributed by atoms with van der Waals surface area (Å²) in [6.07, 6.45) is 1.22. The molecule has 29 heavy (non-hydrogen) atoms. The molecule has 0 saturated carbocycles. The van der Waals surface area contributed by atoms with Gasteiger partial charge in [-0.2, -0.15) is 0 Å². The number of rotatable bonds is 6. The second-order valence-electron chi connectivity index (χ2n) is 7.60. The highest BCUT2D eigenvalue weighted by atomic mass is 16.6. The smallest absolute Gasteiger partial charge is 0.315 e. The van der Waals surface area contributed by atoms with E-state index in [2.05, 4.69) is 10.6 Å². The number of anilines is 1. The fraction of sp³-hybridized carbons (Fsp3) is 0.600. The fourth-order valence-corrected chi connectivity index (χ4v) is 3.94. The van der Waals surface area contributed by atoms with Gasteiger partial charge in [-0.3, -0.25) is 4.79 Å². The van der Waals surface area contributed by atoms with Gasteiger partial charge in [0.2, 0.25) is 5.91 Å². The first-order chi connectivity index (χ1) is 14.2. The summed E-state index contributed by atoms with van der Waals surface area (Å²) in [5.41, 5.74) is 0.762. The molecule has 3 amide bonds. The van der Waals surface area contributed by atoms with Crippen molar-refractivity contribution in [2.45, 2.75) is 18.9 Å². The van der Waals surface area contributed by atoms with Crippen LogP contribution in [-0.4, -0.2) is 77.1 Å². The van der Waals surface area contributed by atoms with Crippen LogP contribution >= 0.6 is 0 Å². The molecule has 1 atom stereocenters. The number of quaternary nitrogens is 1. The highest BCUT2D eigenvalue weighted by Crippen LogP contribution is 2.35. The van der Waals surface area contributed by atoms with Crippen LogP contribution in [0.25, 0.3) is 0 Å². The van der Waals surface area contributed by atoms with Crippen molar-refractivity contribution in [3.05, 3.63) is 18.2 Å². The van der Waals surface area contributed by atoms with E-state index in [4.69, 9.17) is 14.2 Å². The van der Waals surface area contributed by atoms with Crippen LogP contribution in [0.3, 0.4) is 0 Å². The molecule has 0 radical (unpaired) electrons. The van der Waals surface area contributed by atoms with E-state index in [0.717, 1.165) is 45.0 Å². The fourth-order valence-electron chi connectivity index (χ4n) is 3.94. The van der Waals surface area contributed by atoms with Gasteiger partial charge in [-0.1, -0.05) is 0 Å². The standard InChI is InChI=1S/C20H28N4O5/c25-19-12-15(22-20(26)21-4-1-5-23-6-8-27-9-7-23)14-24(19)16-2-3-17-18(13-16)29-11-10-28-17/h2-3,13,15H,1,4-12,14H2,(H2,21,22,26)/p+1/t15-/m0/s1. The van der Waals surface area contributed by atoms with Crippen LogP contribution in [0, 0.1) is 0 Å². The number of hydrogen-bond acceptors (Lipinski definition) is 5.